The number of aliphatic hydroxyl groups excluding tert-OH is 1. The smallest absolute Gasteiger partial charge is 0.319 e. The average Bonchev–Trinajstić information content (AvgIpc) is 2.29. The Morgan fingerprint density at radius 2 is 2.07 bits per heavy atom. The van der Waals surface area contributed by atoms with E-state index in [0.29, 0.717) is 19.1 Å². The molecule has 0 aromatic heterocycles. The Hall–Kier alpha value is -0.610. The van der Waals surface area contributed by atoms with Crippen LogP contribution in [-0.4, -0.2) is 48.8 Å². The molecule has 0 spiro atoms. The van der Waals surface area contributed by atoms with Crippen LogP contribution < -0.4 is 0 Å². The summed E-state index contributed by atoms with van der Waals surface area (Å²) in [7, 11) is 1.40. The Kier molecular flexibility index (Phi) is 5.65. The third kappa shape index (κ3) is 4.18. The molecule has 1 aliphatic carbocycles. The molecule has 4 heteroatoms. The van der Waals surface area contributed by atoms with Crippen molar-refractivity contribution in [2.75, 3.05) is 26.8 Å². The van der Waals surface area contributed by atoms with Gasteiger partial charge in [-0.3, -0.25) is 9.69 Å². The highest BCUT2D eigenvalue weighted by Gasteiger charge is 2.22. The van der Waals surface area contributed by atoms with Gasteiger partial charge in [-0.25, -0.2) is 0 Å². The van der Waals surface area contributed by atoms with Crippen LogP contribution in [0.1, 0.15) is 32.1 Å². The van der Waals surface area contributed by atoms with E-state index in [1.54, 1.807) is 0 Å². The van der Waals surface area contributed by atoms with E-state index >= 15 is 0 Å². The molecule has 0 unspecified atom stereocenters. The van der Waals surface area contributed by atoms with Gasteiger partial charge in [0.15, 0.2) is 0 Å². The highest BCUT2D eigenvalue weighted by molar-refractivity contribution is 5.71. The third-order valence-corrected chi connectivity index (χ3v) is 3.04. The summed E-state index contributed by atoms with van der Waals surface area (Å²) in [4.78, 5) is 13.2. The molecule has 0 atom stereocenters. The summed E-state index contributed by atoms with van der Waals surface area (Å²) in [6.07, 6.45) is 6.03. The predicted octanol–water partition coefficient (Wildman–Crippen LogP) is 0.786. The normalized spacial score (nSPS) is 18.1. The summed E-state index contributed by atoms with van der Waals surface area (Å²) < 4.78 is 4.66. The Balaban J connectivity index is 2.43. The van der Waals surface area contributed by atoms with Crippen molar-refractivity contribution in [3.8, 4) is 0 Å². The summed E-state index contributed by atoms with van der Waals surface area (Å²) in [5.74, 6) is -0.214. The van der Waals surface area contributed by atoms with Crippen LogP contribution in [0.2, 0.25) is 0 Å². The molecule has 88 valence electrons. The summed E-state index contributed by atoms with van der Waals surface area (Å²) in [6.45, 7) is 0.981. The molecule has 0 aromatic carbocycles. The van der Waals surface area contributed by atoms with Crippen molar-refractivity contribution in [2.45, 2.75) is 38.1 Å². The maximum atomic E-state index is 11.2. The van der Waals surface area contributed by atoms with Crippen molar-refractivity contribution in [3.05, 3.63) is 0 Å². The van der Waals surface area contributed by atoms with E-state index in [-0.39, 0.29) is 12.6 Å². The van der Waals surface area contributed by atoms with Crippen molar-refractivity contribution in [3.63, 3.8) is 0 Å². The van der Waals surface area contributed by atoms with Gasteiger partial charge in [-0.2, -0.15) is 0 Å². The van der Waals surface area contributed by atoms with Crippen molar-refractivity contribution in [1.29, 1.82) is 0 Å². The van der Waals surface area contributed by atoms with Crippen LogP contribution in [0.5, 0.6) is 0 Å². The molecule has 1 fully saturated rings. The standard InChI is InChI=1S/C11H21NO3/c1-15-11(14)9-12(7-8-13)10-5-3-2-4-6-10/h10,13H,2-9H2,1H3. The summed E-state index contributed by atoms with van der Waals surface area (Å²) in [6, 6.07) is 0.449. The fourth-order valence-corrected chi connectivity index (χ4v) is 2.20. The van der Waals surface area contributed by atoms with E-state index in [1.807, 2.05) is 4.90 Å². The SMILES string of the molecule is COC(=O)CN(CCO)C1CCCCC1. The minimum atomic E-state index is -0.214. The number of aliphatic hydroxyl groups is 1. The lowest BCUT2D eigenvalue weighted by Gasteiger charge is -2.32. The monoisotopic (exact) mass is 215 g/mol. The van der Waals surface area contributed by atoms with Gasteiger partial charge in [0.25, 0.3) is 0 Å². The second kappa shape index (κ2) is 6.80. The second-order valence-electron chi connectivity index (χ2n) is 4.06. The number of esters is 1. The van der Waals surface area contributed by atoms with Gasteiger partial charge in [0, 0.05) is 12.6 Å². The number of carbonyl (C=O) groups is 1. The molecule has 1 N–H and O–H groups in total. The van der Waals surface area contributed by atoms with E-state index < -0.39 is 0 Å². The summed E-state index contributed by atoms with van der Waals surface area (Å²) >= 11 is 0. The molecular weight excluding hydrogens is 194 g/mol. The Bertz CT molecular complexity index is 190. The average molecular weight is 215 g/mol. The first-order valence-corrected chi connectivity index (χ1v) is 5.69. The minimum Gasteiger partial charge on any atom is -0.468 e. The molecule has 15 heavy (non-hydrogen) atoms. The van der Waals surface area contributed by atoms with E-state index in [2.05, 4.69) is 4.74 Å². The van der Waals surface area contributed by atoms with Gasteiger partial charge < -0.3 is 9.84 Å². The fraction of sp³-hybridized carbons (Fsp3) is 0.909. The van der Waals surface area contributed by atoms with Crippen LogP contribution in [0, 0.1) is 0 Å². The Labute approximate surface area is 91.2 Å². The first kappa shape index (κ1) is 12.5. The van der Waals surface area contributed by atoms with Crippen LogP contribution in [-0.2, 0) is 9.53 Å². The van der Waals surface area contributed by atoms with E-state index in [1.165, 1.54) is 26.4 Å². The number of methoxy groups -OCH3 is 1. The van der Waals surface area contributed by atoms with Crippen LogP contribution >= 0.6 is 0 Å². The summed E-state index contributed by atoms with van der Waals surface area (Å²) in [5, 5.41) is 8.96. The number of hydrogen-bond acceptors (Lipinski definition) is 4. The summed E-state index contributed by atoms with van der Waals surface area (Å²) in [5.41, 5.74) is 0. The van der Waals surface area contributed by atoms with Gasteiger partial charge in [0.2, 0.25) is 0 Å². The maximum Gasteiger partial charge on any atom is 0.319 e. The van der Waals surface area contributed by atoms with E-state index in [4.69, 9.17) is 5.11 Å². The minimum absolute atomic E-state index is 0.105. The van der Waals surface area contributed by atoms with E-state index in [9.17, 15) is 4.79 Å². The Morgan fingerprint density at radius 1 is 1.40 bits per heavy atom. The van der Waals surface area contributed by atoms with Gasteiger partial charge in [0.05, 0.1) is 20.3 Å². The molecule has 0 amide bonds. The van der Waals surface area contributed by atoms with Crippen LogP contribution in [0.3, 0.4) is 0 Å². The lowest BCUT2D eigenvalue weighted by atomic mass is 9.94. The van der Waals surface area contributed by atoms with Crippen LogP contribution in [0.25, 0.3) is 0 Å². The van der Waals surface area contributed by atoms with Gasteiger partial charge >= 0.3 is 5.97 Å². The van der Waals surface area contributed by atoms with Crippen LogP contribution in [0.4, 0.5) is 0 Å². The van der Waals surface area contributed by atoms with Crippen molar-refractivity contribution in [2.24, 2.45) is 0 Å². The number of carbonyl (C=O) groups excluding carboxylic acids is 1. The topological polar surface area (TPSA) is 49.8 Å². The fourth-order valence-electron chi connectivity index (χ4n) is 2.20. The highest BCUT2D eigenvalue weighted by atomic mass is 16.5. The lowest BCUT2D eigenvalue weighted by molar-refractivity contribution is -0.142. The molecule has 0 aliphatic heterocycles. The largest absolute Gasteiger partial charge is 0.468 e. The molecular formula is C11H21NO3. The number of rotatable bonds is 5. The van der Waals surface area contributed by atoms with Gasteiger partial charge in [-0.05, 0) is 12.8 Å². The molecule has 0 radical (unpaired) electrons. The zero-order valence-corrected chi connectivity index (χ0v) is 9.45. The molecule has 1 aliphatic rings. The number of ether oxygens (including phenoxy) is 1. The molecule has 0 aromatic rings. The first-order valence-electron chi connectivity index (χ1n) is 5.69. The molecule has 0 bridgehead atoms. The molecule has 0 saturated heterocycles. The van der Waals surface area contributed by atoms with Gasteiger partial charge in [-0.1, -0.05) is 19.3 Å². The number of nitrogens with zero attached hydrogens (tertiary/aromatic N) is 1. The highest BCUT2D eigenvalue weighted by Crippen LogP contribution is 2.22. The lowest BCUT2D eigenvalue weighted by Crippen LogP contribution is -2.42. The maximum absolute atomic E-state index is 11.2. The van der Waals surface area contributed by atoms with Crippen molar-refractivity contribution in [1.82, 2.24) is 4.90 Å². The van der Waals surface area contributed by atoms with Gasteiger partial charge in [-0.15, -0.1) is 0 Å². The molecule has 1 saturated carbocycles. The van der Waals surface area contributed by atoms with Gasteiger partial charge in [0.1, 0.15) is 0 Å². The second-order valence-corrected chi connectivity index (χ2v) is 4.06. The first-order chi connectivity index (χ1) is 7.27. The van der Waals surface area contributed by atoms with Crippen molar-refractivity contribution < 1.29 is 14.6 Å². The van der Waals surface area contributed by atoms with Crippen molar-refractivity contribution >= 4 is 5.97 Å². The zero-order chi connectivity index (χ0) is 11.1. The third-order valence-electron chi connectivity index (χ3n) is 3.04. The molecule has 1 rings (SSSR count). The zero-order valence-electron chi connectivity index (χ0n) is 9.45. The molecule has 0 heterocycles. The predicted molar refractivity (Wildman–Crippen MR) is 57.5 cm³/mol. The van der Waals surface area contributed by atoms with Crippen LogP contribution in [0.15, 0.2) is 0 Å². The quantitative estimate of drug-likeness (QED) is 0.689. The van der Waals surface area contributed by atoms with E-state index in [0.717, 1.165) is 12.8 Å². The number of hydrogen-bond donors (Lipinski definition) is 1. The Morgan fingerprint density at radius 3 is 2.60 bits per heavy atom. The molecule has 4 nitrogen and oxygen atoms in total.